The second-order valence-corrected chi connectivity index (χ2v) is 5.82. The van der Waals surface area contributed by atoms with Crippen LogP contribution in [0.5, 0.6) is 0 Å². The lowest BCUT2D eigenvalue weighted by Crippen LogP contribution is -1.99. The number of rotatable bonds is 6. The fourth-order valence-corrected chi connectivity index (χ4v) is 3.04. The minimum absolute atomic E-state index is 0.0548. The molecule has 0 amide bonds. The number of hydrogen-bond donors (Lipinski definition) is 1. The van der Waals surface area contributed by atoms with E-state index in [0.717, 1.165) is 0 Å². The predicted octanol–water partition coefficient (Wildman–Crippen LogP) is 4.20. The summed E-state index contributed by atoms with van der Waals surface area (Å²) in [4.78, 5) is 0. The van der Waals surface area contributed by atoms with Crippen LogP contribution in [0.2, 0.25) is 0 Å². The van der Waals surface area contributed by atoms with Gasteiger partial charge in [-0.15, -0.1) is 0 Å². The molecule has 0 unspecified atom stereocenters. The van der Waals surface area contributed by atoms with Crippen molar-refractivity contribution in [3.63, 3.8) is 0 Å². The van der Waals surface area contributed by atoms with Gasteiger partial charge in [-0.2, -0.15) is 0 Å². The molecule has 18 heavy (non-hydrogen) atoms. The van der Waals surface area contributed by atoms with Gasteiger partial charge in [-0.25, -0.2) is 0 Å². The Morgan fingerprint density at radius 2 is 1.67 bits per heavy atom. The highest BCUT2D eigenvalue weighted by Gasteiger charge is 2.29. The number of benzene rings is 1. The molecular formula is C13H19O4P. The molecule has 0 spiro atoms. The van der Waals surface area contributed by atoms with E-state index in [0.29, 0.717) is 5.56 Å². The Bertz CT molecular complexity index is 443. The summed E-state index contributed by atoms with van der Waals surface area (Å²) in [6, 6.07) is 8.91. The van der Waals surface area contributed by atoms with Crippen LogP contribution in [-0.4, -0.2) is 18.3 Å². The van der Waals surface area contributed by atoms with Crippen molar-refractivity contribution in [1.29, 1.82) is 0 Å². The van der Waals surface area contributed by atoms with Gasteiger partial charge in [-0.1, -0.05) is 30.3 Å². The molecular weight excluding hydrogens is 251 g/mol. The summed E-state index contributed by atoms with van der Waals surface area (Å²) in [6.07, 6.45) is 0. The first kappa shape index (κ1) is 15.0. The average molecular weight is 270 g/mol. The Kier molecular flexibility index (Phi) is 5.60. The summed E-state index contributed by atoms with van der Waals surface area (Å²) in [7, 11) is -3.40. The first-order valence-electron chi connectivity index (χ1n) is 5.90. The maximum absolute atomic E-state index is 12.5. The van der Waals surface area contributed by atoms with Crippen molar-refractivity contribution in [2.45, 2.75) is 20.8 Å². The summed E-state index contributed by atoms with van der Waals surface area (Å²) in [5.41, 5.74) is 0.592. The lowest BCUT2D eigenvalue weighted by atomic mass is 10.2. The topological polar surface area (TPSA) is 55.8 Å². The molecule has 4 nitrogen and oxygen atoms in total. The zero-order valence-electron chi connectivity index (χ0n) is 10.9. The smallest absolute Gasteiger partial charge is 0.360 e. The number of aliphatic hydroxyl groups excluding tert-OH is 1. The van der Waals surface area contributed by atoms with Gasteiger partial charge in [0.15, 0.2) is 0 Å². The molecule has 0 aliphatic carbocycles. The third kappa shape index (κ3) is 3.45. The summed E-state index contributed by atoms with van der Waals surface area (Å²) >= 11 is 0. The van der Waals surface area contributed by atoms with Crippen molar-refractivity contribution < 1.29 is 18.7 Å². The van der Waals surface area contributed by atoms with E-state index in [1.807, 2.05) is 6.07 Å². The highest BCUT2D eigenvalue weighted by atomic mass is 31.2. The zero-order chi connectivity index (χ0) is 13.6. The van der Waals surface area contributed by atoms with Gasteiger partial charge in [0.25, 0.3) is 0 Å². The minimum atomic E-state index is -3.40. The molecule has 100 valence electrons. The Morgan fingerprint density at radius 3 is 2.11 bits per heavy atom. The van der Waals surface area contributed by atoms with Crippen LogP contribution in [0.25, 0.3) is 5.76 Å². The van der Waals surface area contributed by atoms with Crippen LogP contribution in [0.1, 0.15) is 26.3 Å². The third-order valence-electron chi connectivity index (χ3n) is 2.40. The van der Waals surface area contributed by atoms with E-state index in [2.05, 4.69) is 0 Å². The Hall–Kier alpha value is -1.09. The van der Waals surface area contributed by atoms with E-state index in [-0.39, 0.29) is 24.3 Å². The van der Waals surface area contributed by atoms with Gasteiger partial charge in [-0.05, 0) is 20.8 Å². The van der Waals surface area contributed by atoms with Crippen molar-refractivity contribution in [3.05, 3.63) is 41.2 Å². The Morgan fingerprint density at radius 1 is 1.17 bits per heavy atom. The van der Waals surface area contributed by atoms with Gasteiger partial charge in [-0.3, -0.25) is 4.57 Å². The maximum Gasteiger partial charge on any atom is 0.360 e. The quantitative estimate of drug-likeness (QED) is 0.621. The van der Waals surface area contributed by atoms with Crippen molar-refractivity contribution in [3.8, 4) is 0 Å². The van der Waals surface area contributed by atoms with Crippen molar-refractivity contribution >= 4 is 13.4 Å². The van der Waals surface area contributed by atoms with E-state index in [9.17, 15) is 9.67 Å². The van der Waals surface area contributed by atoms with Crippen LogP contribution in [0.15, 0.2) is 35.6 Å². The largest absolute Gasteiger partial charge is 0.507 e. The maximum atomic E-state index is 12.5. The lowest BCUT2D eigenvalue weighted by molar-refractivity contribution is 0.226. The molecule has 1 N–H and O–H groups in total. The van der Waals surface area contributed by atoms with Crippen LogP contribution in [-0.2, 0) is 13.6 Å². The molecule has 0 saturated heterocycles. The molecule has 0 aliphatic heterocycles. The summed E-state index contributed by atoms with van der Waals surface area (Å²) in [5.74, 6) is -0.0548. The van der Waals surface area contributed by atoms with Gasteiger partial charge >= 0.3 is 7.60 Å². The monoisotopic (exact) mass is 270 g/mol. The number of aliphatic hydroxyl groups is 1. The van der Waals surface area contributed by atoms with Gasteiger partial charge < -0.3 is 14.2 Å². The Balaban J connectivity index is 3.15. The SMILES string of the molecule is CCOP(=O)(OCC)/C(C)=C(\O)c1ccccc1. The molecule has 0 bridgehead atoms. The molecule has 0 radical (unpaired) electrons. The second-order valence-electron chi connectivity index (χ2n) is 3.63. The minimum Gasteiger partial charge on any atom is -0.507 e. The third-order valence-corrected chi connectivity index (χ3v) is 4.63. The van der Waals surface area contributed by atoms with Gasteiger partial charge in [0.05, 0.1) is 18.5 Å². The van der Waals surface area contributed by atoms with Gasteiger partial charge in [0, 0.05) is 5.56 Å². The van der Waals surface area contributed by atoms with E-state index >= 15 is 0 Å². The average Bonchev–Trinajstić information content (AvgIpc) is 2.38. The fraction of sp³-hybridized carbons (Fsp3) is 0.385. The van der Waals surface area contributed by atoms with E-state index < -0.39 is 7.60 Å². The van der Waals surface area contributed by atoms with Gasteiger partial charge in [0.2, 0.25) is 0 Å². The van der Waals surface area contributed by atoms with E-state index in [1.54, 1.807) is 45.0 Å². The molecule has 0 aromatic heterocycles. The van der Waals surface area contributed by atoms with Crippen LogP contribution in [0.3, 0.4) is 0 Å². The van der Waals surface area contributed by atoms with Crippen molar-refractivity contribution in [1.82, 2.24) is 0 Å². The standard InChI is InChI=1S/C13H19O4P/c1-4-16-18(15,17-5-2)11(3)13(14)12-9-7-6-8-10-12/h6-10,14H,4-5H2,1-3H3/b13-11-. The number of hydrogen-bond acceptors (Lipinski definition) is 4. The van der Waals surface area contributed by atoms with Gasteiger partial charge in [0.1, 0.15) is 5.76 Å². The van der Waals surface area contributed by atoms with E-state index in [4.69, 9.17) is 9.05 Å². The molecule has 1 rings (SSSR count). The molecule has 0 fully saturated rings. The highest BCUT2D eigenvalue weighted by Crippen LogP contribution is 2.57. The first-order chi connectivity index (χ1) is 8.55. The molecule has 1 aromatic rings. The van der Waals surface area contributed by atoms with Crippen molar-refractivity contribution in [2.75, 3.05) is 13.2 Å². The molecule has 0 heterocycles. The van der Waals surface area contributed by atoms with Crippen LogP contribution in [0, 0.1) is 0 Å². The van der Waals surface area contributed by atoms with E-state index in [1.165, 1.54) is 0 Å². The van der Waals surface area contributed by atoms with Crippen molar-refractivity contribution in [2.24, 2.45) is 0 Å². The van der Waals surface area contributed by atoms with Crippen LogP contribution >= 0.6 is 7.60 Å². The number of allylic oxidation sites excluding steroid dienone is 1. The molecule has 0 saturated carbocycles. The second kappa shape index (κ2) is 6.74. The first-order valence-corrected chi connectivity index (χ1v) is 7.44. The molecule has 0 atom stereocenters. The molecule has 1 aromatic carbocycles. The molecule has 5 heteroatoms. The Labute approximate surface area is 108 Å². The summed E-state index contributed by atoms with van der Waals surface area (Å²) in [5, 5.41) is 10.4. The fourth-order valence-electron chi connectivity index (χ4n) is 1.51. The zero-order valence-corrected chi connectivity index (χ0v) is 11.8. The predicted molar refractivity (Wildman–Crippen MR) is 72.5 cm³/mol. The van der Waals surface area contributed by atoms with Crippen LogP contribution in [0.4, 0.5) is 0 Å². The molecule has 0 aliphatic rings. The summed E-state index contributed by atoms with van der Waals surface area (Å²) < 4.78 is 22.8. The highest BCUT2D eigenvalue weighted by molar-refractivity contribution is 7.58. The lowest BCUT2D eigenvalue weighted by Gasteiger charge is -2.18. The van der Waals surface area contributed by atoms with Crippen LogP contribution < -0.4 is 0 Å². The summed E-state index contributed by atoms with van der Waals surface area (Å²) in [6.45, 7) is 5.55. The normalized spacial score (nSPS) is 13.3.